The van der Waals surface area contributed by atoms with Crippen LogP contribution < -0.4 is 5.32 Å². The van der Waals surface area contributed by atoms with E-state index in [4.69, 9.17) is 23.2 Å². The van der Waals surface area contributed by atoms with Gasteiger partial charge in [-0.3, -0.25) is 9.69 Å². The summed E-state index contributed by atoms with van der Waals surface area (Å²) < 4.78 is 14.0. The van der Waals surface area contributed by atoms with Crippen molar-refractivity contribution in [3.8, 4) is 0 Å². The first-order valence-corrected chi connectivity index (χ1v) is 10.4. The van der Waals surface area contributed by atoms with Crippen molar-refractivity contribution in [2.45, 2.75) is 16.3 Å². The average molecular weight is 449 g/mol. The van der Waals surface area contributed by atoms with Crippen LogP contribution in [0.4, 0.5) is 10.1 Å². The van der Waals surface area contributed by atoms with Gasteiger partial charge in [0.2, 0.25) is 5.91 Å². The van der Waals surface area contributed by atoms with Gasteiger partial charge in [-0.15, -0.1) is 0 Å². The summed E-state index contributed by atoms with van der Waals surface area (Å²) in [5, 5.41) is 3.96. The van der Waals surface area contributed by atoms with Gasteiger partial charge < -0.3 is 5.32 Å². The fourth-order valence-electron chi connectivity index (χ4n) is 2.73. The largest absolute Gasteiger partial charge is 0.324 e. The lowest BCUT2D eigenvalue weighted by Crippen LogP contribution is -2.30. The molecule has 0 radical (unpaired) electrons. The lowest BCUT2D eigenvalue weighted by molar-refractivity contribution is -0.117. The van der Waals surface area contributed by atoms with Gasteiger partial charge in [0.25, 0.3) is 0 Å². The highest BCUT2D eigenvalue weighted by Crippen LogP contribution is 2.33. The minimum atomic E-state index is -0.380. The summed E-state index contributed by atoms with van der Waals surface area (Å²) in [5.74, 6) is -0.571. The number of nitrogens with zero attached hydrogens (tertiary/aromatic N) is 1. The van der Waals surface area contributed by atoms with Gasteiger partial charge in [-0.25, -0.2) is 4.39 Å². The third-order valence-electron chi connectivity index (χ3n) is 4.11. The van der Waals surface area contributed by atoms with Gasteiger partial charge in [0.1, 0.15) is 5.82 Å². The summed E-state index contributed by atoms with van der Waals surface area (Å²) in [6.07, 6.45) is 0. The van der Waals surface area contributed by atoms with E-state index in [1.54, 1.807) is 24.1 Å². The first-order valence-electron chi connectivity index (χ1n) is 8.86. The topological polar surface area (TPSA) is 32.3 Å². The summed E-state index contributed by atoms with van der Waals surface area (Å²) in [7, 11) is 1.75. The Morgan fingerprint density at radius 2 is 1.76 bits per heavy atom. The zero-order valence-corrected chi connectivity index (χ0v) is 18.0. The fourth-order valence-corrected chi connectivity index (χ4v) is 3.98. The molecule has 0 unspecified atom stereocenters. The number of amides is 1. The molecule has 0 aromatic heterocycles. The number of benzene rings is 3. The Hall–Kier alpha value is -2.05. The van der Waals surface area contributed by atoms with E-state index in [1.807, 2.05) is 48.5 Å². The Balaban J connectivity index is 1.64. The Labute approximate surface area is 183 Å². The maximum atomic E-state index is 14.0. The highest BCUT2D eigenvalue weighted by Gasteiger charge is 2.14. The van der Waals surface area contributed by atoms with Crippen molar-refractivity contribution in [2.24, 2.45) is 0 Å². The molecule has 3 aromatic rings. The molecule has 3 nitrogen and oxygen atoms in total. The SMILES string of the molecule is CN(CC(=O)Nc1ccccc1Sc1ccc(Cl)cc1)Cc1c(F)cccc1Cl. The van der Waals surface area contributed by atoms with Crippen LogP contribution in [0.25, 0.3) is 0 Å². The van der Waals surface area contributed by atoms with Crippen molar-refractivity contribution in [3.05, 3.63) is 88.2 Å². The van der Waals surface area contributed by atoms with Crippen LogP contribution >= 0.6 is 35.0 Å². The van der Waals surface area contributed by atoms with Crippen LogP contribution in [0, 0.1) is 5.82 Å². The maximum Gasteiger partial charge on any atom is 0.238 e. The molecular formula is C22H19Cl2FN2OS. The van der Waals surface area contributed by atoms with Crippen LogP contribution in [0.3, 0.4) is 0 Å². The van der Waals surface area contributed by atoms with Gasteiger partial charge in [-0.1, -0.05) is 53.2 Å². The summed E-state index contributed by atoms with van der Waals surface area (Å²) in [4.78, 5) is 16.2. The van der Waals surface area contributed by atoms with E-state index in [-0.39, 0.29) is 24.8 Å². The van der Waals surface area contributed by atoms with Crippen molar-refractivity contribution in [3.63, 3.8) is 0 Å². The smallest absolute Gasteiger partial charge is 0.238 e. The van der Waals surface area contributed by atoms with Crippen molar-refractivity contribution in [1.82, 2.24) is 4.90 Å². The molecule has 0 heterocycles. The third-order valence-corrected chi connectivity index (χ3v) is 5.80. The van der Waals surface area contributed by atoms with Gasteiger partial charge in [-0.2, -0.15) is 0 Å². The number of para-hydroxylation sites is 1. The number of carbonyl (C=O) groups is 1. The van der Waals surface area contributed by atoms with Crippen LogP contribution in [0.2, 0.25) is 10.0 Å². The highest BCUT2D eigenvalue weighted by molar-refractivity contribution is 7.99. The average Bonchev–Trinajstić information content (AvgIpc) is 2.68. The van der Waals surface area contributed by atoms with Crippen LogP contribution in [-0.4, -0.2) is 24.4 Å². The Bertz CT molecular complexity index is 978. The predicted octanol–water partition coefficient (Wildman–Crippen LogP) is 6.35. The number of rotatable bonds is 7. The van der Waals surface area contributed by atoms with Gasteiger partial charge in [0.15, 0.2) is 0 Å². The monoisotopic (exact) mass is 448 g/mol. The predicted molar refractivity (Wildman–Crippen MR) is 118 cm³/mol. The molecular weight excluding hydrogens is 430 g/mol. The number of hydrogen-bond donors (Lipinski definition) is 1. The van der Waals surface area contributed by atoms with Crippen LogP contribution in [0.1, 0.15) is 5.56 Å². The number of hydrogen-bond acceptors (Lipinski definition) is 3. The maximum absolute atomic E-state index is 14.0. The number of nitrogens with one attached hydrogen (secondary N) is 1. The zero-order valence-electron chi connectivity index (χ0n) is 15.7. The molecule has 150 valence electrons. The fraction of sp³-hybridized carbons (Fsp3) is 0.136. The second-order valence-electron chi connectivity index (χ2n) is 6.47. The molecule has 3 aromatic carbocycles. The van der Waals surface area contributed by atoms with E-state index in [0.29, 0.717) is 15.6 Å². The molecule has 0 aliphatic heterocycles. The van der Waals surface area contributed by atoms with Crippen molar-refractivity contribution in [1.29, 1.82) is 0 Å². The van der Waals surface area contributed by atoms with Gasteiger partial charge in [0, 0.05) is 31.9 Å². The van der Waals surface area contributed by atoms with Crippen LogP contribution in [-0.2, 0) is 11.3 Å². The first kappa shape index (κ1) is 21.7. The highest BCUT2D eigenvalue weighted by atomic mass is 35.5. The van der Waals surface area contributed by atoms with E-state index < -0.39 is 0 Å². The molecule has 0 fully saturated rings. The molecule has 0 spiro atoms. The molecule has 0 saturated heterocycles. The molecule has 1 N–H and O–H groups in total. The van der Waals surface area contributed by atoms with E-state index >= 15 is 0 Å². The van der Waals surface area contributed by atoms with E-state index in [1.165, 1.54) is 17.8 Å². The molecule has 0 aliphatic rings. The second-order valence-corrected chi connectivity index (χ2v) is 8.43. The normalized spacial score (nSPS) is 10.9. The molecule has 29 heavy (non-hydrogen) atoms. The molecule has 1 amide bonds. The number of halogens is 3. The number of carbonyl (C=O) groups excluding carboxylic acids is 1. The molecule has 7 heteroatoms. The Morgan fingerprint density at radius 1 is 1.03 bits per heavy atom. The molecule has 0 bridgehead atoms. The standard InChI is InChI=1S/C22H19Cl2FN2OS/c1-27(13-17-18(24)5-4-6-19(17)25)14-22(28)26-20-7-2-3-8-21(20)29-16-11-9-15(23)10-12-16/h2-12H,13-14H2,1H3,(H,26,28). The van der Waals surface area contributed by atoms with Crippen LogP contribution in [0.5, 0.6) is 0 Å². The summed E-state index contributed by atoms with van der Waals surface area (Å²) in [6, 6.07) is 19.6. The lowest BCUT2D eigenvalue weighted by Gasteiger charge is -2.18. The van der Waals surface area contributed by atoms with Crippen molar-refractivity contribution >= 4 is 46.6 Å². The Morgan fingerprint density at radius 3 is 2.48 bits per heavy atom. The minimum Gasteiger partial charge on any atom is -0.324 e. The molecule has 0 saturated carbocycles. The van der Waals surface area contributed by atoms with E-state index in [0.717, 1.165) is 15.5 Å². The van der Waals surface area contributed by atoms with Gasteiger partial charge in [0.05, 0.1) is 12.2 Å². The van der Waals surface area contributed by atoms with Crippen molar-refractivity contribution in [2.75, 3.05) is 18.9 Å². The third kappa shape index (κ3) is 6.21. The van der Waals surface area contributed by atoms with Gasteiger partial charge in [-0.05, 0) is 55.6 Å². The lowest BCUT2D eigenvalue weighted by atomic mass is 10.2. The minimum absolute atomic E-state index is 0.102. The number of likely N-dealkylation sites (N-methyl/N-ethyl adjacent to an activating group) is 1. The quantitative estimate of drug-likeness (QED) is 0.456. The summed E-state index contributed by atoms with van der Waals surface area (Å²) >= 11 is 13.5. The summed E-state index contributed by atoms with van der Waals surface area (Å²) in [6.45, 7) is 0.338. The van der Waals surface area contributed by atoms with Gasteiger partial charge >= 0.3 is 0 Å². The molecule has 0 aliphatic carbocycles. The van der Waals surface area contributed by atoms with Crippen LogP contribution in [0.15, 0.2) is 76.5 Å². The second kappa shape index (κ2) is 10.1. The number of anilines is 1. The van der Waals surface area contributed by atoms with Crippen molar-refractivity contribution < 1.29 is 9.18 Å². The Kier molecular flexibility index (Phi) is 7.56. The molecule has 0 atom stereocenters. The van der Waals surface area contributed by atoms with E-state index in [2.05, 4.69) is 5.32 Å². The molecule has 3 rings (SSSR count). The summed E-state index contributed by atoms with van der Waals surface area (Å²) in [5.41, 5.74) is 1.10. The first-order chi connectivity index (χ1) is 13.9. The van der Waals surface area contributed by atoms with E-state index in [9.17, 15) is 9.18 Å². The zero-order chi connectivity index (χ0) is 20.8.